The highest BCUT2D eigenvalue weighted by Crippen LogP contribution is 2.07. The number of carbonyl (C=O) groups is 2. The third kappa shape index (κ3) is 4.92. The maximum Gasteiger partial charge on any atom is 0.331 e. The average Bonchev–Trinajstić information content (AvgIpc) is 2.29. The van der Waals surface area contributed by atoms with Crippen LogP contribution in [0.4, 0.5) is 0 Å². The molecule has 0 heterocycles. The van der Waals surface area contributed by atoms with Crippen LogP contribution in [-0.4, -0.2) is 22.8 Å². The van der Waals surface area contributed by atoms with Crippen LogP contribution < -0.4 is 0 Å². The summed E-state index contributed by atoms with van der Waals surface area (Å²) in [6.07, 6.45) is 0.154. The SMILES string of the molecule is CC(=O)O/N=C(/CCC(=O)O)c1ccccc1. The van der Waals surface area contributed by atoms with Crippen molar-refractivity contribution in [2.75, 3.05) is 0 Å². The molecule has 5 nitrogen and oxygen atoms in total. The van der Waals surface area contributed by atoms with Crippen molar-refractivity contribution in [1.82, 2.24) is 0 Å². The van der Waals surface area contributed by atoms with Crippen LogP contribution in [0.1, 0.15) is 25.3 Å². The molecule has 90 valence electrons. The first kappa shape index (κ1) is 12.9. The third-order valence-electron chi connectivity index (χ3n) is 1.97. The first-order valence-corrected chi connectivity index (χ1v) is 5.11. The number of carbonyl (C=O) groups excluding carboxylic acids is 1. The Morgan fingerprint density at radius 2 is 1.88 bits per heavy atom. The van der Waals surface area contributed by atoms with Gasteiger partial charge in [-0.3, -0.25) is 4.79 Å². The van der Waals surface area contributed by atoms with Gasteiger partial charge in [0.2, 0.25) is 0 Å². The molecule has 0 atom stereocenters. The summed E-state index contributed by atoms with van der Waals surface area (Å²) < 4.78 is 0. The van der Waals surface area contributed by atoms with E-state index in [2.05, 4.69) is 9.99 Å². The van der Waals surface area contributed by atoms with E-state index in [4.69, 9.17) is 5.11 Å². The molecule has 0 radical (unpaired) electrons. The third-order valence-corrected chi connectivity index (χ3v) is 1.97. The number of benzene rings is 1. The molecule has 0 aromatic heterocycles. The van der Waals surface area contributed by atoms with Crippen molar-refractivity contribution >= 4 is 17.7 Å². The molecule has 1 rings (SSSR count). The summed E-state index contributed by atoms with van der Waals surface area (Å²) in [4.78, 5) is 25.7. The van der Waals surface area contributed by atoms with Crippen LogP contribution in [0, 0.1) is 0 Å². The summed E-state index contributed by atoms with van der Waals surface area (Å²) in [5.41, 5.74) is 1.19. The topological polar surface area (TPSA) is 76.0 Å². The normalized spacial score (nSPS) is 11.0. The van der Waals surface area contributed by atoms with E-state index in [1.165, 1.54) is 6.92 Å². The number of rotatable bonds is 5. The minimum Gasteiger partial charge on any atom is -0.481 e. The molecule has 0 aliphatic heterocycles. The maximum atomic E-state index is 10.7. The second kappa shape index (κ2) is 6.42. The zero-order valence-electron chi connectivity index (χ0n) is 9.42. The Hall–Kier alpha value is -2.17. The fourth-order valence-corrected chi connectivity index (χ4v) is 1.22. The molecule has 1 aromatic carbocycles. The van der Waals surface area contributed by atoms with Crippen LogP contribution in [0.2, 0.25) is 0 Å². The lowest BCUT2D eigenvalue weighted by Gasteiger charge is -2.04. The Labute approximate surface area is 98.7 Å². The van der Waals surface area contributed by atoms with Crippen molar-refractivity contribution < 1.29 is 19.5 Å². The smallest absolute Gasteiger partial charge is 0.331 e. The van der Waals surface area contributed by atoms with Crippen LogP contribution in [0.15, 0.2) is 35.5 Å². The van der Waals surface area contributed by atoms with Gasteiger partial charge in [0.1, 0.15) is 0 Å². The molecule has 0 fully saturated rings. The Balaban J connectivity index is 2.82. The fraction of sp³-hybridized carbons (Fsp3) is 0.250. The summed E-state index contributed by atoms with van der Waals surface area (Å²) in [5.74, 6) is -1.45. The minimum atomic E-state index is -0.920. The molecule has 0 aliphatic rings. The standard InChI is InChI=1S/C12H13NO4/c1-9(14)17-13-11(7-8-12(15)16)10-5-3-2-4-6-10/h2-6H,7-8H2,1H3,(H,15,16)/b13-11-. The van der Waals surface area contributed by atoms with Crippen molar-refractivity contribution in [2.24, 2.45) is 5.16 Å². The van der Waals surface area contributed by atoms with E-state index in [1.807, 2.05) is 6.07 Å². The van der Waals surface area contributed by atoms with Gasteiger partial charge in [0.25, 0.3) is 0 Å². The number of nitrogens with zero attached hydrogens (tertiary/aromatic N) is 1. The number of carboxylic acids is 1. The van der Waals surface area contributed by atoms with Crippen molar-refractivity contribution in [1.29, 1.82) is 0 Å². The van der Waals surface area contributed by atoms with Crippen molar-refractivity contribution in [3.63, 3.8) is 0 Å². The highest BCUT2D eigenvalue weighted by Gasteiger charge is 2.07. The van der Waals surface area contributed by atoms with Gasteiger partial charge in [-0.15, -0.1) is 0 Å². The zero-order valence-corrected chi connectivity index (χ0v) is 9.42. The molecule has 0 saturated heterocycles. The molecule has 0 spiro atoms. The van der Waals surface area contributed by atoms with Crippen molar-refractivity contribution in [3.8, 4) is 0 Å². The number of hydrogen-bond acceptors (Lipinski definition) is 4. The molecule has 0 aliphatic carbocycles. The van der Waals surface area contributed by atoms with Gasteiger partial charge >= 0.3 is 11.9 Å². The fourth-order valence-electron chi connectivity index (χ4n) is 1.22. The van der Waals surface area contributed by atoms with Gasteiger partial charge in [-0.25, -0.2) is 4.79 Å². The van der Waals surface area contributed by atoms with E-state index >= 15 is 0 Å². The first-order chi connectivity index (χ1) is 8.09. The summed E-state index contributed by atoms with van der Waals surface area (Å²) in [6.45, 7) is 1.24. The summed E-state index contributed by atoms with van der Waals surface area (Å²) in [5, 5.41) is 12.3. The van der Waals surface area contributed by atoms with Gasteiger partial charge in [0.05, 0.1) is 12.1 Å². The van der Waals surface area contributed by atoms with Crippen molar-refractivity contribution in [3.05, 3.63) is 35.9 Å². The van der Waals surface area contributed by atoms with E-state index in [0.29, 0.717) is 5.71 Å². The summed E-state index contributed by atoms with van der Waals surface area (Å²) >= 11 is 0. The lowest BCUT2D eigenvalue weighted by atomic mass is 10.1. The lowest BCUT2D eigenvalue weighted by molar-refractivity contribution is -0.141. The van der Waals surface area contributed by atoms with Crippen LogP contribution in [0.25, 0.3) is 0 Å². The second-order valence-electron chi connectivity index (χ2n) is 3.38. The molecule has 0 saturated carbocycles. The average molecular weight is 235 g/mol. The Kier molecular flexibility index (Phi) is 4.87. The Morgan fingerprint density at radius 1 is 1.24 bits per heavy atom. The number of aliphatic carboxylic acids is 1. The number of hydrogen-bond donors (Lipinski definition) is 1. The van der Waals surface area contributed by atoms with Gasteiger partial charge in [0.15, 0.2) is 0 Å². The molecule has 1 aromatic rings. The highest BCUT2D eigenvalue weighted by molar-refractivity contribution is 6.01. The van der Waals surface area contributed by atoms with E-state index in [-0.39, 0.29) is 12.8 Å². The van der Waals surface area contributed by atoms with E-state index in [1.54, 1.807) is 24.3 Å². The molecule has 5 heteroatoms. The van der Waals surface area contributed by atoms with Crippen LogP contribution >= 0.6 is 0 Å². The predicted molar refractivity (Wildman–Crippen MR) is 61.6 cm³/mol. The van der Waals surface area contributed by atoms with Crippen molar-refractivity contribution in [2.45, 2.75) is 19.8 Å². The predicted octanol–water partition coefficient (Wildman–Crippen LogP) is 1.82. The Bertz CT molecular complexity index is 425. The molecule has 0 unspecified atom stereocenters. The number of oxime groups is 1. The van der Waals surface area contributed by atoms with E-state index in [0.717, 1.165) is 5.56 Å². The monoisotopic (exact) mass is 235 g/mol. The minimum absolute atomic E-state index is 0.0605. The van der Waals surface area contributed by atoms with E-state index in [9.17, 15) is 9.59 Å². The molecule has 0 amide bonds. The summed E-state index contributed by atoms with van der Waals surface area (Å²) in [7, 11) is 0. The van der Waals surface area contributed by atoms with E-state index < -0.39 is 11.9 Å². The van der Waals surface area contributed by atoms with Crippen LogP contribution in [0.3, 0.4) is 0 Å². The maximum absolute atomic E-state index is 10.7. The quantitative estimate of drug-likeness (QED) is 0.479. The second-order valence-corrected chi connectivity index (χ2v) is 3.38. The molecular formula is C12H13NO4. The van der Waals surface area contributed by atoms with Crippen LogP contribution in [0.5, 0.6) is 0 Å². The lowest BCUT2D eigenvalue weighted by Crippen LogP contribution is -2.07. The van der Waals surface area contributed by atoms with Crippen LogP contribution in [-0.2, 0) is 14.4 Å². The first-order valence-electron chi connectivity index (χ1n) is 5.11. The Morgan fingerprint density at radius 3 is 2.41 bits per heavy atom. The largest absolute Gasteiger partial charge is 0.481 e. The van der Waals surface area contributed by atoms with Gasteiger partial charge in [0, 0.05) is 13.3 Å². The van der Waals surface area contributed by atoms with Gasteiger partial charge in [-0.2, -0.15) is 0 Å². The molecular weight excluding hydrogens is 222 g/mol. The molecule has 1 N–H and O–H groups in total. The highest BCUT2D eigenvalue weighted by atomic mass is 16.7. The number of carboxylic acid groups (broad SMARTS) is 1. The van der Waals surface area contributed by atoms with Gasteiger partial charge < -0.3 is 9.94 Å². The summed E-state index contributed by atoms with van der Waals surface area (Å²) in [6, 6.07) is 9.01. The zero-order chi connectivity index (χ0) is 12.7. The van der Waals surface area contributed by atoms with Gasteiger partial charge in [-0.05, 0) is 5.56 Å². The van der Waals surface area contributed by atoms with Gasteiger partial charge in [-0.1, -0.05) is 35.5 Å². The molecule has 0 bridgehead atoms. The molecule has 17 heavy (non-hydrogen) atoms.